The molecule has 6 rings (SSSR count). The average molecular weight is 510 g/mol. The van der Waals surface area contributed by atoms with Gasteiger partial charge in [-0.2, -0.15) is 0 Å². The van der Waals surface area contributed by atoms with E-state index in [-0.39, 0.29) is 17.3 Å². The number of anilines is 1. The van der Waals surface area contributed by atoms with E-state index in [1.54, 1.807) is 30.3 Å². The minimum absolute atomic E-state index is 0.00675. The number of ketones is 3. The SMILES string of the molecule is Cc1ccc([C@H]2[C@H](C(=O)C(C)(C)C)N3c4ccc(Cl)cc4C=CC3C23C(=O)c2ccccc2C3=O)cc1. The molecule has 1 spiro atoms. The molecule has 186 valence electrons. The number of carbonyl (C=O) groups excluding carboxylic acids is 3. The standard InChI is InChI=1S/C32H28ClNO3/c1-18-9-11-19(12-10-18)26-27(30(37)31(2,3)4)34-24-15-14-21(33)17-20(24)13-16-25(34)32(26)28(35)22-7-5-6-8-23(22)29(32)36/h5-17,25-27H,1-4H3/t25?,26-,27+/m0/s1. The minimum atomic E-state index is -1.46. The molecule has 0 saturated carbocycles. The van der Waals surface area contributed by atoms with Crippen LogP contribution in [0.2, 0.25) is 5.02 Å². The van der Waals surface area contributed by atoms with Crippen LogP contribution in [0.15, 0.2) is 72.8 Å². The van der Waals surface area contributed by atoms with Gasteiger partial charge in [0, 0.05) is 33.2 Å². The molecule has 0 N–H and O–H groups in total. The molecular weight excluding hydrogens is 482 g/mol. The number of aryl methyl sites for hydroxylation is 1. The Bertz CT molecular complexity index is 1480. The molecule has 3 aliphatic rings. The zero-order chi connectivity index (χ0) is 26.3. The zero-order valence-electron chi connectivity index (χ0n) is 21.3. The minimum Gasteiger partial charge on any atom is -0.352 e. The van der Waals surface area contributed by atoms with Crippen LogP contribution in [0.3, 0.4) is 0 Å². The lowest BCUT2D eigenvalue weighted by Crippen LogP contribution is -2.49. The number of Topliss-reactive ketones (excluding diaryl/α,β-unsaturated/α-hetero) is 3. The average Bonchev–Trinajstić information content (AvgIpc) is 3.29. The highest BCUT2D eigenvalue weighted by Crippen LogP contribution is 2.61. The molecule has 0 amide bonds. The van der Waals surface area contributed by atoms with Gasteiger partial charge in [0.25, 0.3) is 0 Å². The molecule has 3 atom stereocenters. The van der Waals surface area contributed by atoms with Crippen LogP contribution in [0.5, 0.6) is 0 Å². The van der Waals surface area contributed by atoms with Crippen molar-refractivity contribution in [2.75, 3.05) is 4.90 Å². The van der Waals surface area contributed by atoms with E-state index in [1.165, 1.54) is 0 Å². The van der Waals surface area contributed by atoms with Crippen molar-refractivity contribution in [1.82, 2.24) is 0 Å². The van der Waals surface area contributed by atoms with Gasteiger partial charge in [-0.25, -0.2) is 0 Å². The van der Waals surface area contributed by atoms with Gasteiger partial charge in [0.1, 0.15) is 5.41 Å². The van der Waals surface area contributed by atoms with E-state index in [1.807, 2.05) is 81.1 Å². The Morgan fingerprint density at radius 1 is 0.919 bits per heavy atom. The largest absolute Gasteiger partial charge is 0.352 e. The van der Waals surface area contributed by atoms with Crippen LogP contribution in [-0.4, -0.2) is 29.4 Å². The molecule has 1 saturated heterocycles. The van der Waals surface area contributed by atoms with Crippen molar-refractivity contribution in [3.63, 3.8) is 0 Å². The number of hydrogen-bond acceptors (Lipinski definition) is 4. The van der Waals surface area contributed by atoms with Crippen LogP contribution < -0.4 is 4.90 Å². The quantitative estimate of drug-likeness (QED) is 0.361. The van der Waals surface area contributed by atoms with E-state index in [4.69, 9.17) is 11.6 Å². The monoisotopic (exact) mass is 509 g/mol. The van der Waals surface area contributed by atoms with Gasteiger partial charge in [-0.1, -0.05) is 98.6 Å². The first-order chi connectivity index (χ1) is 17.6. The predicted octanol–water partition coefficient (Wildman–Crippen LogP) is 6.70. The fourth-order valence-electron chi connectivity index (χ4n) is 6.54. The van der Waals surface area contributed by atoms with E-state index in [0.717, 1.165) is 22.4 Å². The van der Waals surface area contributed by atoms with Crippen LogP contribution in [-0.2, 0) is 4.79 Å². The number of benzene rings is 3. The summed E-state index contributed by atoms with van der Waals surface area (Å²) in [5, 5.41) is 0.588. The zero-order valence-corrected chi connectivity index (χ0v) is 22.0. The molecule has 1 fully saturated rings. The van der Waals surface area contributed by atoms with Crippen molar-refractivity contribution >= 4 is 40.7 Å². The Morgan fingerprint density at radius 3 is 2.14 bits per heavy atom. The second-order valence-electron chi connectivity index (χ2n) is 11.4. The van der Waals surface area contributed by atoms with Crippen LogP contribution in [0.4, 0.5) is 5.69 Å². The van der Waals surface area contributed by atoms with Gasteiger partial charge in [-0.05, 0) is 36.2 Å². The van der Waals surface area contributed by atoms with Gasteiger partial charge in [0.2, 0.25) is 0 Å². The van der Waals surface area contributed by atoms with Crippen LogP contribution in [0, 0.1) is 17.8 Å². The van der Waals surface area contributed by atoms with Crippen molar-refractivity contribution in [2.24, 2.45) is 10.8 Å². The lowest BCUT2D eigenvalue weighted by Gasteiger charge is -2.38. The third-order valence-corrected chi connectivity index (χ3v) is 8.45. The summed E-state index contributed by atoms with van der Waals surface area (Å²) in [6.45, 7) is 7.70. The second kappa shape index (κ2) is 8.00. The number of halogens is 1. The first kappa shape index (κ1) is 23.9. The van der Waals surface area contributed by atoms with Crippen molar-refractivity contribution < 1.29 is 14.4 Å². The molecule has 2 aliphatic heterocycles. The number of hydrogen-bond donors (Lipinski definition) is 0. The number of carbonyl (C=O) groups is 3. The summed E-state index contributed by atoms with van der Waals surface area (Å²) in [6, 6.07) is 19.2. The molecule has 4 nitrogen and oxygen atoms in total. The van der Waals surface area contributed by atoms with Crippen molar-refractivity contribution in [2.45, 2.75) is 45.7 Å². The van der Waals surface area contributed by atoms with E-state index in [2.05, 4.69) is 0 Å². The second-order valence-corrected chi connectivity index (χ2v) is 11.9. The van der Waals surface area contributed by atoms with Gasteiger partial charge in [0.15, 0.2) is 17.3 Å². The Kier molecular flexibility index (Phi) is 5.16. The van der Waals surface area contributed by atoms with Crippen LogP contribution >= 0.6 is 11.6 Å². The molecule has 37 heavy (non-hydrogen) atoms. The number of nitrogens with zero attached hydrogens (tertiary/aromatic N) is 1. The normalized spacial score (nSPS) is 23.3. The van der Waals surface area contributed by atoms with Crippen LogP contribution in [0.25, 0.3) is 6.08 Å². The molecule has 0 bridgehead atoms. The fourth-order valence-corrected chi connectivity index (χ4v) is 6.72. The molecule has 1 aliphatic carbocycles. The summed E-state index contributed by atoms with van der Waals surface area (Å²) >= 11 is 6.33. The Balaban J connectivity index is 1.70. The maximum absolute atomic E-state index is 14.5. The first-order valence-corrected chi connectivity index (χ1v) is 13.0. The molecular formula is C32H28ClNO3. The number of fused-ring (bicyclic) bond motifs is 5. The van der Waals surface area contributed by atoms with E-state index < -0.39 is 28.8 Å². The van der Waals surface area contributed by atoms with E-state index in [9.17, 15) is 14.4 Å². The summed E-state index contributed by atoms with van der Waals surface area (Å²) in [4.78, 5) is 45.4. The van der Waals surface area contributed by atoms with Gasteiger partial charge < -0.3 is 4.90 Å². The first-order valence-electron chi connectivity index (χ1n) is 12.6. The molecule has 2 heterocycles. The summed E-state index contributed by atoms with van der Waals surface area (Å²) < 4.78 is 0. The molecule has 0 radical (unpaired) electrons. The lowest BCUT2D eigenvalue weighted by molar-refractivity contribution is -0.127. The van der Waals surface area contributed by atoms with Gasteiger partial charge in [-0.15, -0.1) is 0 Å². The third-order valence-electron chi connectivity index (χ3n) is 8.21. The maximum atomic E-state index is 14.5. The van der Waals surface area contributed by atoms with Gasteiger partial charge in [0.05, 0.1) is 12.1 Å². The smallest absolute Gasteiger partial charge is 0.180 e. The van der Waals surface area contributed by atoms with Crippen molar-refractivity contribution in [3.05, 3.63) is 106 Å². The highest BCUT2D eigenvalue weighted by molar-refractivity contribution is 6.32. The van der Waals surface area contributed by atoms with Crippen molar-refractivity contribution in [3.8, 4) is 0 Å². The Hall–Kier alpha value is -3.50. The Labute approximate surface area is 221 Å². The van der Waals surface area contributed by atoms with Gasteiger partial charge >= 0.3 is 0 Å². The van der Waals surface area contributed by atoms with Gasteiger partial charge in [-0.3, -0.25) is 14.4 Å². The topological polar surface area (TPSA) is 54.5 Å². The lowest BCUT2D eigenvalue weighted by atomic mass is 9.63. The highest BCUT2D eigenvalue weighted by Gasteiger charge is 2.71. The van der Waals surface area contributed by atoms with Crippen LogP contribution in [0.1, 0.15) is 64.1 Å². The van der Waals surface area contributed by atoms with Crippen molar-refractivity contribution in [1.29, 1.82) is 0 Å². The molecule has 3 aromatic carbocycles. The molecule has 1 unspecified atom stereocenters. The fraction of sp³-hybridized carbons (Fsp3) is 0.281. The number of rotatable bonds is 2. The van der Waals surface area contributed by atoms with E-state index in [0.29, 0.717) is 16.1 Å². The maximum Gasteiger partial charge on any atom is 0.180 e. The molecule has 3 aromatic rings. The summed E-state index contributed by atoms with van der Waals surface area (Å²) in [5.41, 5.74) is 2.27. The molecule has 0 aromatic heterocycles. The summed E-state index contributed by atoms with van der Waals surface area (Å²) in [5.74, 6) is -1.09. The Morgan fingerprint density at radius 2 is 1.54 bits per heavy atom. The highest BCUT2D eigenvalue weighted by atomic mass is 35.5. The molecule has 5 heteroatoms. The van der Waals surface area contributed by atoms with E-state index >= 15 is 0 Å². The summed E-state index contributed by atoms with van der Waals surface area (Å²) in [6.07, 6.45) is 3.86. The summed E-state index contributed by atoms with van der Waals surface area (Å²) in [7, 11) is 0. The predicted molar refractivity (Wildman–Crippen MR) is 146 cm³/mol. The third kappa shape index (κ3) is 3.18.